The first-order valence-electron chi connectivity index (χ1n) is 5.90. The number of benzene rings is 1. The highest BCUT2D eigenvalue weighted by atomic mass is 35.5. The van der Waals surface area contributed by atoms with Crippen molar-refractivity contribution in [3.63, 3.8) is 0 Å². The number of aryl methyl sites for hydroxylation is 1. The summed E-state index contributed by atoms with van der Waals surface area (Å²) in [5.41, 5.74) is 6.28. The third-order valence-corrected chi connectivity index (χ3v) is 2.73. The van der Waals surface area contributed by atoms with Crippen LogP contribution in [0.15, 0.2) is 36.7 Å². The molecule has 0 unspecified atom stereocenters. The molecule has 0 saturated carbocycles. The average Bonchev–Trinajstić information content (AvgIpc) is 2.75. The van der Waals surface area contributed by atoms with Gasteiger partial charge < -0.3 is 10.5 Å². The molecule has 0 amide bonds. The molecule has 2 aromatic rings. The summed E-state index contributed by atoms with van der Waals surface area (Å²) in [6, 6.07) is 7.43. The molecule has 1 heterocycles. The van der Waals surface area contributed by atoms with E-state index in [1.807, 2.05) is 35.1 Å². The van der Waals surface area contributed by atoms with E-state index < -0.39 is 0 Å². The number of halogens is 1. The summed E-state index contributed by atoms with van der Waals surface area (Å²) < 4.78 is 7.43. The molecule has 4 nitrogen and oxygen atoms in total. The summed E-state index contributed by atoms with van der Waals surface area (Å²) in [5.74, 6) is 0.811. The maximum atomic E-state index is 5.86. The van der Waals surface area contributed by atoms with Crippen molar-refractivity contribution in [3.8, 4) is 5.75 Å². The number of aromatic nitrogens is 2. The summed E-state index contributed by atoms with van der Waals surface area (Å²) in [7, 11) is 0. The first-order chi connectivity index (χ1) is 8.74. The van der Waals surface area contributed by atoms with Crippen molar-refractivity contribution in [3.05, 3.63) is 41.7 Å². The Kier molecular flexibility index (Phi) is 4.47. The van der Waals surface area contributed by atoms with Crippen molar-refractivity contribution in [1.82, 2.24) is 9.78 Å². The number of rotatable bonds is 6. The molecular weight excluding hydrogens is 250 g/mol. The lowest BCUT2D eigenvalue weighted by atomic mass is 10.3. The number of nitrogens with zero attached hydrogens (tertiary/aromatic N) is 2. The molecule has 0 spiro atoms. The zero-order chi connectivity index (χ0) is 12.8. The van der Waals surface area contributed by atoms with Crippen LogP contribution < -0.4 is 10.5 Å². The highest BCUT2D eigenvalue weighted by Gasteiger charge is 1.97. The molecule has 0 saturated heterocycles. The Morgan fingerprint density at radius 3 is 2.94 bits per heavy atom. The first-order valence-corrected chi connectivity index (χ1v) is 6.28. The van der Waals surface area contributed by atoms with Crippen LogP contribution in [-0.4, -0.2) is 16.4 Å². The minimum absolute atomic E-state index is 0.678. The molecule has 0 fully saturated rings. The molecule has 0 radical (unpaired) electrons. The van der Waals surface area contributed by atoms with E-state index >= 15 is 0 Å². The quantitative estimate of drug-likeness (QED) is 0.817. The van der Waals surface area contributed by atoms with Gasteiger partial charge in [0.05, 0.1) is 18.5 Å². The van der Waals surface area contributed by atoms with Gasteiger partial charge in [0.25, 0.3) is 0 Å². The molecule has 18 heavy (non-hydrogen) atoms. The van der Waals surface area contributed by atoms with Crippen LogP contribution in [0.4, 0.5) is 5.69 Å². The van der Waals surface area contributed by atoms with Gasteiger partial charge in [-0.3, -0.25) is 4.68 Å². The first kappa shape index (κ1) is 12.8. The molecule has 2 N–H and O–H groups in total. The molecule has 0 bridgehead atoms. The van der Waals surface area contributed by atoms with Crippen molar-refractivity contribution >= 4 is 17.3 Å². The highest BCUT2D eigenvalue weighted by Crippen LogP contribution is 2.17. The minimum atomic E-state index is 0.678. The fourth-order valence-electron chi connectivity index (χ4n) is 1.62. The normalized spacial score (nSPS) is 10.5. The van der Waals surface area contributed by atoms with Crippen LogP contribution in [0.5, 0.6) is 5.75 Å². The van der Waals surface area contributed by atoms with Crippen LogP contribution in [0, 0.1) is 0 Å². The second-order valence-electron chi connectivity index (χ2n) is 4.05. The lowest BCUT2D eigenvalue weighted by Gasteiger charge is -2.06. The third kappa shape index (κ3) is 3.96. The Morgan fingerprint density at radius 1 is 1.33 bits per heavy atom. The molecule has 1 aromatic carbocycles. The molecular formula is C13H16ClN3O. The van der Waals surface area contributed by atoms with E-state index in [-0.39, 0.29) is 0 Å². The van der Waals surface area contributed by atoms with E-state index in [1.165, 1.54) is 0 Å². The van der Waals surface area contributed by atoms with Gasteiger partial charge in [0, 0.05) is 17.8 Å². The van der Waals surface area contributed by atoms with Crippen molar-refractivity contribution in [2.75, 3.05) is 12.3 Å². The SMILES string of the molecule is Nc1cnn(CCCCOc2cccc(Cl)c2)c1. The predicted molar refractivity (Wildman–Crippen MR) is 72.8 cm³/mol. The Morgan fingerprint density at radius 2 is 2.22 bits per heavy atom. The van der Waals surface area contributed by atoms with Crippen molar-refractivity contribution < 1.29 is 4.74 Å². The van der Waals surface area contributed by atoms with Gasteiger partial charge in [-0.2, -0.15) is 5.10 Å². The van der Waals surface area contributed by atoms with E-state index in [1.54, 1.807) is 6.20 Å². The largest absolute Gasteiger partial charge is 0.494 e. The number of nitrogen functional groups attached to an aromatic ring is 1. The van der Waals surface area contributed by atoms with E-state index in [4.69, 9.17) is 22.1 Å². The van der Waals surface area contributed by atoms with Gasteiger partial charge in [-0.1, -0.05) is 17.7 Å². The van der Waals surface area contributed by atoms with Gasteiger partial charge in [0.15, 0.2) is 0 Å². The zero-order valence-electron chi connectivity index (χ0n) is 10.1. The standard InChI is InChI=1S/C13H16ClN3O/c14-11-4-3-5-13(8-11)18-7-2-1-6-17-10-12(15)9-16-17/h3-5,8-10H,1-2,6-7,15H2. The van der Waals surface area contributed by atoms with Crippen LogP contribution in [0.25, 0.3) is 0 Å². The fraction of sp³-hybridized carbons (Fsp3) is 0.308. The molecule has 2 rings (SSSR count). The van der Waals surface area contributed by atoms with E-state index in [2.05, 4.69) is 5.10 Å². The fourth-order valence-corrected chi connectivity index (χ4v) is 1.80. The summed E-state index contributed by atoms with van der Waals surface area (Å²) in [6.45, 7) is 1.53. The van der Waals surface area contributed by atoms with E-state index in [0.717, 1.165) is 25.1 Å². The second kappa shape index (κ2) is 6.31. The zero-order valence-corrected chi connectivity index (χ0v) is 10.8. The van der Waals surface area contributed by atoms with Crippen molar-refractivity contribution in [2.24, 2.45) is 0 Å². The molecule has 0 aliphatic carbocycles. The molecule has 1 aromatic heterocycles. The number of ether oxygens (including phenoxy) is 1. The minimum Gasteiger partial charge on any atom is -0.494 e. The molecule has 0 atom stereocenters. The van der Waals surface area contributed by atoms with Gasteiger partial charge in [0.1, 0.15) is 5.75 Å². The maximum absolute atomic E-state index is 5.86. The predicted octanol–water partition coefficient (Wildman–Crippen LogP) is 2.98. The van der Waals surface area contributed by atoms with Gasteiger partial charge in [-0.15, -0.1) is 0 Å². The average molecular weight is 266 g/mol. The smallest absolute Gasteiger partial charge is 0.120 e. The summed E-state index contributed by atoms with van der Waals surface area (Å²) in [6.07, 6.45) is 5.45. The summed E-state index contributed by atoms with van der Waals surface area (Å²) in [5, 5.41) is 4.81. The summed E-state index contributed by atoms with van der Waals surface area (Å²) >= 11 is 5.86. The second-order valence-corrected chi connectivity index (χ2v) is 4.49. The van der Waals surface area contributed by atoms with Gasteiger partial charge in [-0.25, -0.2) is 0 Å². The molecule has 5 heteroatoms. The highest BCUT2D eigenvalue weighted by molar-refractivity contribution is 6.30. The number of hydrogen-bond donors (Lipinski definition) is 1. The van der Waals surface area contributed by atoms with Gasteiger partial charge in [0.2, 0.25) is 0 Å². The number of nitrogens with two attached hydrogens (primary N) is 1. The van der Waals surface area contributed by atoms with Crippen molar-refractivity contribution in [2.45, 2.75) is 19.4 Å². The number of hydrogen-bond acceptors (Lipinski definition) is 3. The number of unbranched alkanes of at least 4 members (excludes halogenated alkanes) is 1. The molecule has 96 valence electrons. The third-order valence-electron chi connectivity index (χ3n) is 2.50. The van der Waals surface area contributed by atoms with Gasteiger partial charge >= 0.3 is 0 Å². The Bertz CT molecular complexity index is 498. The Hall–Kier alpha value is -1.68. The lowest BCUT2D eigenvalue weighted by molar-refractivity contribution is 0.302. The van der Waals surface area contributed by atoms with Crippen LogP contribution in [0.2, 0.25) is 5.02 Å². The van der Waals surface area contributed by atoms with Gasteiger partial charge in [-0.05, 0) is 31.0 Å². The molecule has 0 aliphatic rings. The maximum Gasteiger partial charge on any atom is 0.120 e. The van der Waals surface area contributed by atoms with E-state index in [0.29, 0.717) is 17.3 Å². The van der Waals surface area contributed by atoms with E-state index in [9.17, 15) is 0 Å². The lowest BCUT2D eigenvalue weighted by Crippen LogP contribution is -2.02. The van der Waals surface area contributed by atoms with Crippen LogP contribution in [0.1, 0.15) is 12.8 Å². The Balaban J connectivity index is 1.64. The number of anilines is 1. The molecule has 0 aliphatic heterocycles. The topological polar surface area (TPSA) is 53.1 Å². The van der Waals surface area contributed by atoms with Crippen LogP contribution in [0.3, 0.4) is 0 Å². The van der Waals surface area contributed by atoms with Crippen LogP contribution in [-0.2, 0) is 6.54 Å². The monoisotopic (exact) mass is 265 g/mol. The Labute approximate surface area is 111 Å². The van der Waals surface area contributed by atoms with Crippen molar-refractivity contribution in [1.29, 1.82) is 0 Å². The van der Waals surface area contributed by atoms with Crippen LogP contribution >= 0.6 is 11.6 Å². The summed E-state index contributed by atoms with van der Waals surface area (Å²) in [4.78, 5) is 0.